The highest BCUT2D eigenvalue weighted by Gasteiger charge is 2.30. The lowest BCUT2D eigenvalue weighted by Crippen LogP contribution is -2.43. The van der Waals surface area contributed by atoms with Gasteiger partial charge in [-0.25, -0.2) is 0 Å². The Morgan fingerprint density at radius 2 is 1.96 bits per heavy atom. The number of imide groups is 1. The molecule has 0 radical (unpaired) electrons. The molecule has 0 spiro atoms. The second kappa shape index (κ2) is 6.91. The Morgan fingerprint density at radius 3 is 2.57 bits per heavy atom. The van der Waals surface area contributed by atoms with E-state index < -0.39 is 0 Å². The van der Waals surface area contributed by atoms with Gasteiger partial charge in [-0.1, -0.05) is 18.6 Å². The Bertz CT molecular complexity index is 606. The molecule has 2 atom stereocenters. The van der Waals surface area contributed by atoms with Gasteiger partial charge in [0, 0.05) is 12.1 Å². The summed E-state index contributed by atoms with van der Waals surface area (Å²) in [5.74, 6) is -0.688. The zero-order chi connectivity index (χ0) is 16.2. The molecule has 2 saturated heterocycles. The summed E-state index contributed by atoms with van der Waals surface area (Å²) in [6, 6.07) is 7.34. The molecule has 6 heteroatoms. The summed E-state index contributed by atoms with van der Waals surface area (Å²) in [6.45, 7) is 0.888. The van der Waals surface area contributed by atoms with Gasteiger partial charge in [0.2, 0.25) is 17.7 Å². The molecule has 0 bridgehead atoms. The quantitative estimate of drug-likeness (QED) is 0.723. The van der Waals surface area contributed by atoms with E-state index in [0.717, 1.165) is 37.1 Å². The molecule has 3 amide bonds. The number of carbonyl (C=O) groups excluding carboxylic acids is 3. The van der Waals surface area contributed by atoms with Crippen molar-refractivity contribution < 1.29 is 14.4 Å². The van der Waals surface area contributed by atoms with Gasteiger partial charge in [-0.2, -0.15) is 0 Å². The van der Waals surface area contributed by atoms with E-state index in [1.807, 2.05) is 24.3 Å². The number of anilines is 1. The van der Waals surface area contributed by atoms with Crippen molar-refractivity contribution >= 4 is 23.4 Å². The minimum atomic E-state index is -0.283. The van der Waals surface area contributed by atoms with Gasteiger partial charge in [0.15, 0.2) is 0 Å². The Morgan fingerprint density at radius 1 is 1.17 bits per heavy atom. The van der Waals surface area contributed by atoms with Crippen LogP contribution in [0.3, 0.4) is 0 Å². The van der Waals surface area contributed by atoms with Crippen molar-refractivity contribution in [2.24, 2.45) is 5.92 Å². The number of benzene rings is 1. The Hall–Kier alpha value is -2.21. The topological polar surface area (TPSA) is 87.3 Å². The third kappa shape index (κ3) is 3.96. The molecule has 3 N–H and O–H groups in total. The summed E-state index contributed by atoms with van der Waals surface area (Å²) < 4.78 is 0. The van der Waals surface area contributed by atoms with E-state index in [0.29, 0.717) is 6.42 Å². The van der Waals surface area contributed by atoms with Crippen molar-refractivity contribution in [1.29, 1.82) is 0 Å². The van der Waals surface area contributed by atoms with E-state index >= 15 is 0 Å². The van der Waals surface area contributed by atoms with Crippen LogP contribution in [0.15, 0.2) is 24.3 Å². The van der Waals surface area contributed by atoms with Crippen LogP contribution in [0.25, 0.3) is 0 Å². The lowest BCUT2D eigenvalue weighted by atomic mass is 9.98. The highest BCUT2D eigenvalue weighted by atomic mass is 16.2. The largest absolute Gasteiger partial charge is 0.325 e. The number of carbonyl (C=O) groups is 3. The summed E-state index contributed by atoms with van der Waals surface area (Å²) >= 11 is 0. The molecule has 2 unspecified atom stereocenters. The standard InChI is InChI=1S/C17H21N3O3/c21-15-10-12(16(22)20-15)9-11-4-6-13(7-5-11)19-17(23)14-3-1-2-8-18-14/h4-7,12,14,18H,1-3,8-10H2,(H,19,23)(H,20,21,22). The van der Waals surface area contributed by atoms with Crippen LogP contribution < -0.4 is 16.0 Å². The first-order valence-corrected chi connectivity index (χ1v) is 8.09. The number of amides is 3. The van der Waals surface area contributed by atoms with Crippen LogP contribution in [0.4, 0.5) is 5.69 Å². The van der Waals surface area contributed by atoms with Crippen LogP contribution in [0.1, 0.15) is 31.2 Å². The van der Waals surface area contributed by atoms with Gasteiger partial charge in [-0.3, -0.25) is 19.7 Å². The third-order valence-corrected chi connectivity index (χ3v) is 4.40. The predicted molar refractivity (Wildman–Crippen MR) is 85.7 cm³/mol. The molecule has 2 aliphatic rings. The van der Waals surface area contributed by atoms with E-state index in [1.165, 1.54) is 0 Å². The normalized spacial score (nSPS) is 24.3. The fourth-order valence-corrected chi connectivity index (χ4v) is 3.09. The van der Waals surface area contributed by atoms with Crippen LogP contribution in [-0.4, -0.2) is 30.3 Å². The maximum atomic E-state index is 12.1. The molecule has 2 fully saturated rings. The smallest absolute Gasteiger partial charge is 0.241 e. The molecule has 0 saturated carbocycles. The summed E-state index contributed by atoms with van der Waals surface area (Å²) in [7, 11) is 0. The molecular formula is C17H21N3O3. The average Bonchev–Trinajstić information content (AvgIpc) is 2.87. The third-order valence-electron chi connectivity index (χ3n) is 4.40. The minimum Gasteiger partial charge on any atom is -0.325 e. The van der Waals surface area contributed by atoms with Crippen molar-refractivity contribution in [2.45, 2.75) is 38.1 Å². The van der Waals surface area contributed by atoms with Gasteiger partial charge in [0.05, 0.1) is 12.0 Å². The maximum absolute atomic E-state index is 12.1. The van der Waals surface area contributed by atoms with Crippen LogP contribution in [0.2, 0.25) is 0 Å². The lowest BCUT2D eigenvalue weighted by molar-refractivity contribution is -0.125. The number of nitrogens with one attached hydrogen (secondary N) is 3. The molecule has 3 rings (SSSR count). The molecule has 1 aromatic carbocycles. The SMILES string of the molecule is O=C1CC(Cc2ccc(NC(=O)C3CCCCN3)cc2)C(=O)N1. The van der Waals surface area contributed by atoms with E-state index in [9.17, 15) is 14.4 Å². The molecule has 2 heterocycles. The second-order valence-electron chi connectivity index (χ2n) is 6.21. The first kappa shape index (κ1) is 15.7. The summed E-state index contributed by atoms with van der Waals surface area (Å²) in [5.41, 5.74) is 1.73. The zero-order valence-corrected chi connectivity index (χ0v) is 12.9. The van der Waals surface area contributed by atoms with Crippen LogP contribution in [-0.2, 0) is 20.8 Å². The first-order valence-electron chi connectivity index (χ1n) is 8.09. The Balaban J connectivity index is 1.55. The van der Waals surface area contributed by atoms with Crippen LogP contribution in [0, 0.1) is 5.92 Å². The van der Waals surface area contributed by atoms with Gasteiger partial charge in [-0.15, -0.1) is 0 Å². The van der Waals surface area contributed by atoms with Crippen molar-refractivity contribution in [3.63, 3.8) is 0 Å². The fraction of sp³-hybridized carbons (Fsp3) is 0.471. The molecule has 0 aliphatic carbocycles. The zero-order valence-electron chi connectivity index (χ0n) is 12.9. The number of hydrogen-bond acceptors (Lipinski definition) is 4. The van der Waals surface area contributed by atoms with Crippen LogP contribution >= 0.6 is 0 Å². The maximum Gasteiger partial charge on any atom is 0.241 e. The minimum absolute atomic E-state index is 0.00165. The molecular weight excluding hydrogens is 294 g/mol. The highest BCUT2D eigenvalue weighted by molar-refractivity contribution is 6.03. The van der Waals surface area contributed by atoms with Crippen molar-refractivity contribution in [2.75, 3.05) is 11.9 Å². The van der Waals surface area contributed by atoms with Crippen molar-refractivity contribution in [3.8, 4) is 0 Å². The molecule has 6 nitrogen and oxygen atoms in total. The monoisotopic (exact) mass is 315 g/mol. The predicted octanol–water partition coefficient (Wildman–Crippen LogP) is 0.972. The van der Waals surface area contributed by atoms with E-state index in [-0.39, 0.29) is 36.1 Å². The number of rotatable bonds is 4. The summed E-state index contributed by atoms with van der Waals surface area (Å²) in [5, 5.41) is 8.45. The summed E-state index contributed by atoms with van der Waals surface area (Å²) in [4.78, 5) is 34.9. The molecule has 0 aromatic heterocycles. The van der Waals surface area contributed by atoms with Gasteiger partial charge >= 0.3 is 0 Å². The van der Waals surface area contributed by atoms with Crippen LogP contribution in [0.5, 0.6) is 0 Å². The van der Waals surface area contributed by atoms with Gasteiger partial charge in [0.25, 0.3) is 0 Å². The van der Waals surface area contributed by atoms with Gasteiger partial charge in [-0.05, 0) is 43.5 Å². The van der Waals surface area contributed by atoms with E-state index in [1.54, 1.807) is 0 Å². The highest BCUT2D eigenvalue weighted by Crippen LogP contribution is 2.19. The Labute approximate surface area is 135 Å². The summed E-state index contributed by atoms with van der Waals surface area (Å²) in [6.07, 6.45) is 3.86. The van der Waals surface area contributed by atoms with Crippen molar-refractivity contribution in [1.82, 2.24) is 10.6 Å². The fourth-order valence-electron chi connectivity index (χ4n) is 3.09. The average molecular weight is 315 g/mol. The molecule has 23 heavy (non-hydrogen) atoms. The van der Waals surface area contributed by atoms with Crippen molar-refractivity contribution in [3.05, 3.63) is 29.8 Å². The molecule has 1 aromatic rings. The number of piperidine rings is 1. The van der Waals surface area contributed by atoms with Gasteiger partial charge < -0.3 is 10.6 Å². The molecule has 122 valence electrons. The number of hydrogen-bond donors (Lipinski definition) is 3. The van der Waals surface area contributed by atoms with E-state index in [2.05, 4.69) is 16.0 Å². The first-order chi connectivity index (χ1) is 11.1. The second-order valence-corrected chi connectivity index (χ2v) is 6.21. The van der Waals surface area contributed by atoms with E-state index in [4.69, 9.17) is 0 Å². The lowest BCUT2D eigenvalue weighted by Gasteiger charge is -2.22. The Kier molecular flexibility index (Phi) is 4.71. The van der Waals surface area contributed by atoms with Gasteiger partial charge in [0.1, 0.15) is 0 Å². The molecule has 2 aliphatic heterocycles.